The highest BCUT2D eigenvalue weighted by molar-refractivity contribution is 6.31. The number of halogens is 2. The van der Waals surface area contributed by atoms with E-state index < -0.39 is 5.82 Å². The van der Waals surface area contributed by atoms with Crippen LogP contribution in [-0.4, -0.2) is 15.7 Å². The van der Waals surface area contributed by atoms with Gasteiger partial charge < -0.3 is 5.32 Å². The highest BCUT2D eigenvalue weighted by Gasteiger charge is 2.15. The van der Waals surface area contributed by atoms with Gasteiger partial charge in [-0.3, -0.25) is 4.79 Å². The van der Waals surface area contributed by atoms with Gasteiger partial charge in [0.05, 0.1) is 17.8 Å². The van der Waals surface area contributed by atoms with Gasteiger partial charge in [0.25, 0.3) is 0 Å². The van der Waals surface area contributed by atoms with Crippen molar-refractivity contribution in [2.24, 2.45) is 0 Å². The lowest BCUT2D eigenvalue weighted by Crippen LogP contribution is -2.25. The number of nitrogens with zero attached hydrogens (tertiary/aromatic N) is 2. The Balaban J connectivity index is 1.72. The van der Waals surface area contributed by atoms with Crippen molar-refractivity contribution in [2.45, 2.75) is 26.8 Å². The molecule has 26 heavy (non-hydrogen) atoms. The summed E-state index contributed by atoms with van der Waals surface area (Å²) in [5.74, 6) is -0.764. The zero-order chi connectivity index (χ0) is 18.7. The van der Waals surface area contributed by atoms with Gasteiger partial charge in [-0.25, -0.2) is 9.07 Å². The molecule has 1 heterocycles. The first-order valence-electron chi connectivity index (χ1n) is 8.27. The van der Waals surface area contributed by atoms with Gasteiger partial charge in [-0.15, -0.1) is 0 Å². The van der Waals surface area contributed by atoms with Crippen LogP contribution in [0.4, 0.5) is 4.39 Å². The third kappa shape index (κ3) is 3.78. The largest absolute Gasteiger partial charge is 0.352 e. The molecule has 0 unspecified atom stereocenters. The normalized spacial score (nSPS) is 10.8. The van der Waals surface area contributed by atoms with Crippen LogP contribution in [0.3, 0.4) is 0 Å². The van der Waals surface area contributed by atoms with Gasteiger partial charge in [-0.2, -0.15) is 5.10 Å². The fourth-order valence-electron chi connectivity index (χ4n) is 2.86. The summed E-state index contributed by atoms with van der Waals surface area (Å²) in [6.07, 6.45) is -0.101. The number of carbonyl (C=O) groups is 1. The molecule has 1 N–H and O–H groups in total. The predicted octanol–water partition coefficient (Wildman–Crippen LogP) is 4.14. The van der Waals surface area contributed by atoms with E-state index in [-0.39, 0.29) is 22.9 Å². The van der Waals surface area contributed by atoms with Crippen LogP contribution in [0, 0.1) is 19.7 Å². The lowest BCUT2D eigenvalue weighted by molar-refractivity contribution is -0.120. The van der Waals surface area contributed by atoms with Gasteiger partial charge in [0.2, 0.25) is 5.91 Å². The van der Waals surface area contributed by atoms with E-state index in [1.165, 1.54) is 12.1 Å². The van der Waals surface area contributed by atoms with Crippen molar-refractivity contribution in [1.82, 2.24) is 15.1 Å². The molecule has 3 rings (SSSR count). The third-order valence-electron chi connectivity index (χ3n) is 4.30. The summed E-state index contributed by atoms with van der Waals surface area (Å²) >= 11 is 5.98. The van der Waals surface area contributed by atoms with Gasteiger partial charge in [-0.1, -0.05) is 35.9 Å². The predicted molar refractivity (Wildman–Crippen MR) is 100.0 cm³/mol. The molecule has 1 aromatic heterocycles. The van der Waals surface area contributed by atoms with Crippen molar-refractivity contribution >= 4 is 17.5 Å². The van der Waals surface area contributed by atoms with Crippen LogP contribution >= 0.6 is 11.6 Å². The highest BCUT2D eigenvalue weighted by atomic mass is 35.5. The van der Waals surface area contributed by atoms with Crippen molar-refractivity contribution in [3.63, 3.8) is 0 Å². The van der Waals surface area contributed by atoms with E-state index in [1.807, 2.05) is 48.9 Å². The van der Waals surface area contributed by atoms with Crippen molar-refractivity contribution in [3.05, 3.63) is 81.9 Å². The van der Waals surface area contributed by atoms with Crippen LogP contribution in [-0.2, 0) is 17.8 Å². The Morgan fingerprint density at radius 2 is 1.85 bits per heavy atom. The van der Waals surface area contributed by atoms with E-state index in [1.54, 1.807) is 6.07 Å². The summed E-state index contributed by atoms with van der Waals surface area (Å²) in [5, 5.41) is 7.64. The quantitative estimate of drug-likeness (QED) is 0.732. The smallest absolute Gasteiger partial charge is 0.224 e. The Morgan fingerprint density at radius 3 is 2.54 bits per heavy atom. The monoisotopic (exact) mass is 371 g/mol. The third-order valence-corrected chi connectivity index (χ3v) is 4.66. The molecule has 1 amide bonds. The zero-order valence-corrected chi connectivity index (χ0v) is 15.3. The number of amides is 1. The highest BCUT2D eigenvalue weighted by Crippen LogP contribution is 2.20. The molecule has 2 aromatic carbocycles. The molecule has 3 aromatic rings. The molecule has 0 fully saturated rings. The molecule has 0 radical (unpaired) electrons. The van der Waals surface area contributed by atoms with E-state index in [0.29, 0.717) is 6.54 Å². The summed E-state index contributed by atoms with van der Waals surface area (Å²) in [6.45, 7) is 4.19. The molecule has 0 bridgehead atoms. The van der Waals surface area contributed by atoms with Gasteiger partial charge >= 0.3 is 0 Å². The van der Waals surface area contributed by atoms with Crippen molar-refractivity contribution in [1.29, 1.82) is 0 Å². The van der Waals surface area contributed by atoms with E-state index in [9.17, 15) is 9.18 Å². The summed E-state index contributed by atoms with van der Waals surface area (Å²) in [4.78, 5) is 12.2. The Hall–Kier alpha value is -2.66. The number of rotatable bonds is 5. The SMILES string of the molecule is Cc1nn(-c2ccccc2)c(C)c1CNC(=O)Cc1c(F)cccc1Cl. The second kappa shape index (κ2) is 7.70. The van der Waals surface area contributed by atoms with E-state index in [4.69, 9.17) is 11.6 Å². The first kappa shape index (κ1) is 18.1. The van der Waals surface area contributed by atoms with Crippen LogP contribution in [0.15, 0.2) is 48.5 Å². The molecule has 0 atom stereocenters. The number of benzene rings is 2. The Morgan fingerprint density at radius 1 is 1.12 bits per heavy atom. The number of aromatic nitrogens is 2. The summed E-state index contributed by atoms with van der Waals surface area (Å²) < 4.78 is 15.7. The van der Waals surface area contributed by atoms with Gasteiger partial charge in [0.15, 0.2) is 0 Å². The fourth-order valence-corrected chi connectivity index (χ4v) is 3.09. The second-order valence-electron chi connectivity index (χ2n) is 6.05. The maximum Gasteiger partial charge on any atom is 0.224 e. The molecule has 0 saturated heterocycles. The van der Waals surface area contributed by atoms with Crippen LogP contribution in [0.25, 0.3) is 5.69 Å². The van der Waals surface area contributed by atoms with Gasteiger partial charge in [0, 0.05) is 28.4 Å². The van der Waals surface area contributed by atoms with Crippen LogP contribution in [0.2, 0.25) is 5.02 Å². The molecule has 0 aliphatic rings. The average Bonchev–Trinajstić information content (AvgIpc) is 2.91. The summed E-state index contributed by atoms with van der Waals surface area (Å²) in [7, 11) is 0. The molecular weight excluding hydrogens is 353 g/mol. The van der Waals surface area contributed by atoms with Gasteiger partial charge in [-0.05, 0) is 38.1 Å². The second-order valence-corrected chi connectivity index (χ2v) is 6.46. The minimum absolute atomic E-state index is 0.101. The van der Waals surface area contributed by atoms with Crippen LogP contribution < -0.4 is 5.32 Å². The van der Waals surface area contributed by atoms with E-state index >= 15 is 0 Å². The number of para-hydroxylation sites is 1. The maximum atomic E-state index is 13.8. The van der Waals surface area contributed by atoms with Crippen molar-refractivity contribution < 1.29 is 9.18 Å². The van der Waals surface area contributed by atoms with E-state index in [2.05, 4.69) is 10.4 Å². The van der Waals surface area contributed by atoms with Crippen LogP contribution in [0.5, 0.6) is 0 Å². The topological polar surface area (TPSA) is 46.9 Å². The van der Waals surface area contributed by atoms with Crippen molar-refractivity contribution in [3.8, 4) is 5.69 Å². The zero-order valence-electron chi connectivity index (χ0n) is 14.6. The number of carbonyl (C=O) groups excluding carboxylic acids is 1. The standard InChI is InChI=1S/C20H19ClFN3O/c1-13-17(14(2)25(24-13)15-7-4-3-5-8-15)12-23-20(26)11-16-18(21)9-6-10-19(16)22/h3-10H,11-12H2,1-2H3,(H,23,26). The van der Waals surface area contributed by atoms with Crippen molar-refractivity contribution in [2.75, 3.05) is 0 Å². The number of hydrogen-bond donors (Lipinski definition) is 1. The lowest BCUT2D eigenvalue weighted by Gasteiger charge is -2.08. The molecule has 4 nitrogen and oxygen atoms in total. The Labute approximate surface area is 156 Å². The molecule has 0 saturated carbocycles. The molecule has 6 heteroatoms. The fraction of sp³-hybridized carbons (Fsp3) is 0.200. The average molecular weight is 372 g/mol. The molecule has 0 aliphatic carbocycles. The molecular formula is C20H19ClFN3O. The molecule has 0 spiro atoms. The van der Waals surface area contributed by atoms with Crippen LogP contribution in [0.1, 0.15) is 22.5 Å². The number of hydrogen-bond acceptors (Lipinski definition) is 2. The van der Waals surface area contributed by atoms with Gasteiger partial charge in [0.1, 0.15) is 5.82 Å². The minimum Gasteiger partial charge on any atom is -0.352 e. The molecule has 0 aliphatic heterocycles. The number of aryl methyl sites for hydroxylation is 1. The molecule has 134 valence electrons. The van der Waals surface area contributed by atoms with E-state index in [0.717, 1.165) is 22.6 Å². The summed E-state index contributed by atoms with van der Waals surface area (Å²) in [6, 6.07) is 14.2. The minimum atomic E-state index is -0.475. The summed E-state index contributed by atoms with van der Waals surface area (Å²) in [5.41, 5.74) is 3.92. The maximum absolute atomic E-state index is 13.8. The number of nitrogens with one attached hydrogen (secondary N) is 1. The lowest BCUT2D eigenvalue weighted by atomic mass is 10.1. The Bertz CT molecular complexity index is 917. The first-order chi connectivity index (χ1) is 12.5. The Kier molecular flexibility index (Phi) is 5.38. The first-order valence-corrected chi connectivity index (χ1v) is 8.65.